The first kappa shape index (κ1) is 20.0. The van der Waals surface area contributed by atoms with Gasteiger partial charge in [-0.1, -0.05) is 38.3 Å². The second kappa shape index (κ2) is 8.95. The number of hydrogen-bond acceptors (Lipinski definition) is 5. The highest BCUT2D eigenvalue weighted by molar-refractivity contribution is 5.89. The molecule has 3 rings (SSSR count). The number of pyridine rings is 1. The number of hydrogen-bond donors (Lipinski definition) is 0. The van der Waals surface area contributed by atoms with Crippen molar-refractivity contribution in [2.45, 2.75) is 52.1 Å². The predicted octanol–water partition coefficient (Wildman–Crippen LogP) is 5.04. The van der Waals surface area contributed by atoms with E-state index >= 15 is 0 Å². The van der Waals surface area contributed by atoms with Crippen molar-refractivity contribution < 1.29 is 18.3 Å². The van der Waals surface area contributed by atoms with Crippen molar-refractivity contribution in [3.63, 3.8) is 0 Å². The molecule has 0 saturated carbocycles. The van der Waals surface area contributed by atoms with Gasteiger partial charge in [-0.15, -0.1) is 0 Å². The highest BCUT2D eigenvalue weighted by Gasteiger charge is 2.27. The molecular formula is C22H24FNO4. The zero-order valence-corrected chi connectivity index (χ0v) is 16.2. The van der Waals surface area contributed by atoms with Gasteiger partial charge >= 0.3 is 5.97 Å². The summed E-state index contributed by atoms with van der Waals surface area (Å²) in [5.41, 5.74) is 0.716. The lowest BCUT2D eigenvalue weighted by Crippen LogP contribution is -2.16. The first-order chi connectivity index (χ1) is 13.6. The van der Waals surface area contributed by atoms with Crippen LogP contribution in [-0.2, 0) is 16.0 Å². The number of nitrogens with zero attached hydrogens (tertiary/aromatic N) is 1. The van der Waals surface area contributed by atoms with E-state index in [1.54, 1.807) is 37.3 Å². The summed E-state index contributed by atoms with van der Waals surface area (Å²) >= 11 is 0. The maximum Gasteiger partial charge on any atom is 0.347 e. The highest BCUT2D eigenvalue weighted by Crippen LogP contribution is 2.27. The molecule has 28 heavy (non-hydrogen) atoms. The molecule has 0 radical (unpaired) electrons. The Balaban J connectivity index is 2.12. The van der Waals surface area contributed by atoms with E-state index in [-0.39, 0.29) is 23.4 Å². The molecule has 0 saturated heterocycles. The summed E-state index contributed by atoms with van der Waals surface area (Å²) in [6.07, 6.45) is 2.47. The Hall–Kier alpha value is -2.76. The molecule has 148 valence electrons. The normalized spacial score (nSPS) is 12.4. The van der Waals surface area contributed by atoms with Crippen molar-refractivity contribution in [2.75, 3.05) is 6.61 Å². The van der Waals surface area contributed by atoms with Crippen LogP contribution in [0.3, 0.4) is 0 Å². The van der Waals surface area contributed by atoms with Crippen molar-refractivity contribution in [2.24, 2.45) is 0 Å². The average molecular weight is 385 g/mol. The van der Waals surface area contributed by atoms with Crippen LogP contribution in [0.15, 0.2) is 39.5 Å². The van der Waals surface area contributed by atoms with E-state index in [2.05, 4.69) is 11.9 Å². The predicted molar refractivity (Wildman–Crippen MR) is 106 cm³/mol. The number of rotatable bonds is 8. The van der Waals surface area contributed by atoms with E-state index in [0.29, 0.717) is 28.3 Å². The Labute approximate surface area is 162 Å². The number of unbranched alkanes of at least 4 members (excludes halogenated alkanes) is 3. The Bertz CT molecular complexity index is 1040. The van der Waals surface area contributed by atoms with Gasteiger partial charge in [0.05, 0.1) is 23.1 Å². The van der Waals surface area contributed by atoms with E-state index < -0.39 is 12.1 Å². The zero-order chi connectivity index (χ0) is 20.1. The third-order valence-corrected chi connectivity index (χ3v) is 4.72. The van der Waals surface area contributed by atoms with Gasteiger partial charge in [-0.25, -0.2) is 14.2 Å². The molecule has 0 spiro atoms. The topological polar surface area (TPSA) is 69.4 Å². The van der Waals surface area contributed by atoms with Crippen LogP contribution in [0, 0.1) is 0 Å². The molecule has 1 aromatic carbocycles. The molecular weight excluding hydrogens is 361 g/mol. The van der Waals surface area contributed by atoms with Crippen LogP contribution in [0.1, 0.15) is 57.0 Å². The van der Waals surface area contributed by atoms with Crippen LogP contribution in [0.5, 0.6) is 0 Å². The maximum absolute atomic E-state index is 14.8. The standard InChI is InChI=1S/C22H24FNO4/c1-3-5-6-7-10-14-13-16-20(25)15-11-8-9-12-17(15)28-21(16)24-19(14)18(23)22(26)27-4-2/h8-9,11-13,18H,3-7,10H2,1-2H3. The van der Waals surface area contributed by atoms with Crippen molar-refractivity contribution in [1.29, 1.82) is 0 Å². The highest BCUT2D eigenvalue weighted by atomic mass is 19.1. The largest absolute Gasteiger partial charge is 0.464 e. The van der Waals surface area contributed by atoms with Crippen LogP contribution in [0.4, 0.5) is 4.39 Å². The first-order valence-electron chi connectivity index (χ1n) is 9.72. The van der Waals surface area contributed by atoms with Gasteiger partial charge in [-0.2, -0.15) is 0 Å². The first-order valence-corrected chi connectivity index (χ1v) is 9.72. The third kappa shape index (κ3) is 4.06. The minimum atomic E-state index is -2.01. The number of benzene rings is 1. The summed E-state index contributed by atoms with van der Waals surface area (Å²) < 4.78 is 25.4. The zero-order valence-electron chi connectivity index (χ0n) is 16.2. The summed E-state index contributed by atoms with van der Waals surface area (Å²) in [4.78, 5) is 29.1. The number of carbonyl (C=O) groups is 1. The number of aromatic nitrogens is 1. The Morgan fingerprint density at radius 3 is 2.71 bits per heavy atom. The van der Waals surface area contributed by atoms with Crippen LogP contribution in [0.2, 0.25) is 0 Å². The average Bonchev–Trinajstić information content (AvgIpc) is 2.71. The Kier molecular flexibility index (Phi) is 6.39. The molecule has 5 nitrogen and oxygen atoms in total. The lowest BCUT2D eigenvalue weighted by atomic mass is 10.0. The van der Waals surface area contributed by atoms with Crippen molar-refractivity contribution >= 4 is 28.0 Å². The third-order valence-electron chi connectivity index (χ3n) is 4.72. The van der Waals surface area contributed by atoms with Crippen LogP contribution < -0.4 is 5.43 Å². The molecule has 1 unspecified atom stereocenters. The SMILES string of the molecule is CCCCCCc1cc2c(=O)c3ccccc3oc2nc1C(F)C(=O)OCC. The van der Waals surface area contributed by atoms with Crippen LogP contribution >= 0.6 is 0 Å². The second-order valence-electron chi connectivity index (χ2n) is 6.74. The molecule has 0 aliphatic heterocycles. The van der Waals surface area contributed by atoms with E-state index in [1.165, 1.54) is 0 Å². The van der Waals surface area contributed by atoms with Gasteiger partial charge in [0, 0.05) is 0 Å². The molecule has 6 heteroatoms. The van der Waals surface area contributed by atoms with Crippen molar-refractivity contribution in [1.82, 2.24) is 4.98 Å². The lowest BCUT2D eigenvalue weighted by Gasteiger charge is -2.13. The molecule has 3 aromatic rings. The van der Waals surface area contributed by atoms with Gasteiger partial charge in [0.2, 0.25) is 17.3 Å². The fourth-order valence-electron chi connectivity index (χ4n) is 3.27. The summed E-state index contributed by atoms with van der Waals surface area (Å²) in [6, 6.07) is 8.47. The summed E-state index contributed by atoms with van der Waals surface area (Å²) in [6.45, 7) is 3.81. The minimum absolute atomic E-state index is 0.0270. The summed E-state index contributed by atoms with van der Waals surface area (Å²) in [7, 11) is 0. The van der Waals surface area contributed by atoms with Gasteiger partial charge in [0.15, 0.2) is 0 Å². The molecule has 0 N–H and O–H groups in total. The molecule has 2 aromatic heterocycles. The monoisotopic (exact) mass is 385 g/mol. The van der Waals surface area contributed by atoms with Crippen LogP contribution in [-0.4, -0.2) is 17.6 Å². The number of halogens is 1. The number of aryl methyl sites for hydroxylation is 1. The number of fused-ring (bicyclic) bond motifs is 2. The Morgan fingerprint density at radius 2 is 1.96 bits per heavy atom. The maximum atomic E-state index is 14.8. The smallest absolute Gasteiger partial charge is 0.347 e. The van der Waals surface area contributed by atoms with Crippen LogP contribution in [0.25, 0.3) is 22.1 Å². The second-order valence-corrected chi connectivity index (χ2v) is 6.74. The number of alkyl halides is 1. The molecule has 0 amide bonds. The number of ether oxygens (including phenoxy) is 1. The van der Waals surface area contributed by atoms with E-state index in [0.717, 1.165) is 25.7 Å². The van der Waals surface area contributed by atoms with E-state index in [4.69, 9.17) is 9.15 Å². The lowest BCUT2D eigenvalue weighted by molar-refractivity contribution is -0.149. The Morgan fingerprint density at radius 1 is 1.18 bits per heavy atom. The molecule has 1 atom stereocenters. The van der Waals surface area contributed by atoms with Crippen molar-refractivity contribution in [3.05, 3.63) is 51.8 Å². The fraction of sp³-hybridized carbons (Fsp3) is 0.409. The van der Waals surface area contributed by atoms with E-state index in [9.17, 15) is 14.0 Å². The van der Waals surface area contributed by atoms with Gasteiger partial charge in [0.25, 0.3) is 0 Å². The molecule has 2 heterocycles. The minimum Gasteiger partial charge on any atom is -0.464 e. The molecule has 0 aliphatic carbocycles. The van der Waals surface area contributed by atoms with E-state index in [1.807, 2.05) is 0 Å². The number of para-hydroxylation sites is 1. The van der Waals surface area contributed by atoms with Gasteiger partial charge in [0.1, 0.15) is 5.58 Å². The molecule has 0 fully saturated rings. The fourth-order valence-corrected chi connectivity index (χ4v) is 3.27. The van der Waals surface area contributed by atoms with Crippen molar-refractivity contribution in [3.8, 4) is 0 Å². The summed E-state index contributed by atoms with van der Waals surface area (Å²) in [5.74, 6) is -0.979. The quantitative estimate of drug-likeness (QED) is 0.309. The summed E-state index contributed by atoms with van der Waals surface area (Å²) in [5, 5.41) is 0.743. The number of esters is 1. The molecule has 0 aliphatic rings. The van der Waals surface area contributed by atoms with Gasteiger partial charge in [-0.3, -0.25) is 4.79 Å². The number of carbonyl (C=O) groups excluding carboxylic acids is 1. The van der Waals surface area contributed by atoms with Gasteiger partial charge in [-0.05, 0) is 43.5 Å². The molecule has 0 bridgehead atoms. The van der Waals surface area contributed by atoms with Gasteiger partial charge < -0.3 is 9.15 Å².